The number of sulfonamides is 1. The molecule has 0 aliphatic heterocycles. The van der Waals surface area contributed by atoms with Crippen molar-refractivity contribution in [3.63, 3.8) is 0 Å². The molecular weight excluding hydrogens is 264 g/mol. The fourth-order valence-electron chi connectivity index (χ4n) is 1.62. The van der Waals surface area contributed by atoms with Crippen molar-refractivity contribution in [2.24, 2.45) is 0 Å². The van der Waals surface area contributed by atoms with Crippen LogP contribution in [0.5, 0.6) is 0 Å². The third kappa shape index (κ3) is 4.81. The van der Waals surface area contributed by atoms with Gasteiger partial charge in [0.25, 0.3) is 0 Å². The summed E-state index contributed by atoms with van der Waals surface area (Å²) in [7, 11) is -3.52. The van der Waals surface area contributed by atoms with Gasteiger partial charge in [-0.25, -0.2) is 13.1 Å². The van der Waals surface area contributed by atoms with Gasteiger partial charge in [0.2, 0.25) is 10.0 Å². The molecule has 0 radical (unpaired) electrons. The van der Waals surface area contributed by atoms with Gasteiger partial charge in [-0.15, -0.1) is 0 Å². The van der Waals surface area contributed by atoms with Crippen molar-refractivity contribution in [3.8, 4) is 0 Å². The molecule has 108 valence electrons. The van der Waals surface area contributed by atoms with E-state index in [1.807, 2.05) is 20.8 Å². The number of nitrogens with one attached hydrogen (secondary N) is 1. The number of hydrogen-bond acceptors (Lipinski definition) is 4. The second kappa shape index (κ2) is 6.88. The van der Waals surface area contributed by atoms with Gasteiger partial charge in [0.05, 0.1) is 17.6 Å². The Balaban J connectivity index is 2.69. The van der Waals surface area contributed by atoms with Crippen molar-refractivity contribution in [3.05, 3.63) is 23.8 Å². The van der Waals surface area contributed by atoms with Gasteiger partial charge in [-0.3, -0.25) is 0 Å². The number of nitrogen functional groups attached to an aromatic ring is 1. The summed E-state index contributed by atoms with van der Waals surface area (Å²) < 4.78 is 31.8. The number of rotatable bonds is 7. The molecule has 0 saturated carbocycles. The molecule has 0 heterocycles. The Morgan fingerprint density at radius 2 is 2.05 bits per heavy atom. The topological polar surface area (TPSA) is 81.4 Å². The molecule has 0 aliphatic carbocycles. The Morgan fingerprint density at radius 1 is 1.37 bits per heavy atom. The first kappa shape index (κ1) is 15.9. The summed E-state index contributed by atoms with van der Waals surface area (Å²) in [5, 5.41) is 0. The van der Waals surface area contributed by atoms with E-state index >= 15 is 0 Å². The second-order valence-corrected chi connectivity index (χ2v) is 6.30. The van der Waals surface area contributed by atoms with Gasteiger partial charge in [-0.1, -0.05) is 13.0 Å². The quantitative estimate of drug-likeness (QED) is 0.588. The fourth-order valence-corrected chi connectivity index (χ4v) is 2.66. The molecule has 3 N–H and O–H groups in total. The van der Waals surface area contributed by atoms with Crippen LogP contribution in [-0.2, 0) is 21.2 Å². The van der Waals surface area contributed by atoms with Gasteiger partial charge < -0.3 is 10.5 Å². The van der Waals surface area contributed by atoms with Crippen LogP contribution in [0.15, 0.2) is 23.1 Å². The Kier molecular flexibility index (Phi) is 5.78. The van der Waals surface area contributed by atoms with E-state index in [0.29, 0.717) is 12.3 Å². The van der Waals surface area contributed by atoms with Crippen molar-refractivity contribution >= 4 is 15.7 Å². The molecule has 0 unspecified atom stereocenters. The predicted molar refractivity (Wildman–Crippen MR) is 76.5 cm³/mol. The first-order valence-corrected chi connectivity index (χ1v) is 7.84. The van der Waals surface area contributed by atoms with E-state index in [-0.39, 0.29) is 17.5 Å². The summed E-state index contributed by atoms with van der Waals surface area (Å²) in [6.07, 6.45) is 0.867. The molecule has 0 saturated heterocycles. The molecule has 0 spiro atoms. The molecule has 0 aliphatic rings. The van der Waals surface area contributed by atoms with Crippen molar-refractivity contribution in [2.75, 3.05) is 18.9 Å². The van der Waals surface area contributed by atoms with Gasteiger partial charge in [-0.2, -0.15) is 0 Å². The van der Waals surface area contributed by atoms with Gasteiger partial charge in [-0.05, 0) is 38.0 Å². The molecule has 0 fully saturated rings. The lowest BCUT2D eigenvalue weighted by Gasteiger charge is -2.10. The maximum absolute atomic E-state index is 12.0. The molecular formula is C13H22N2O3S. The van der Waals surface area contributed by atoms with Crippen LogP contribution in [0, 0.1) is 0 Å². The Morgan fingerprint density at radius 3 is 2.58 bits per heavy atom. The monoisotopic (exact) mass is 286 g/mol. The standard InChI is InChI=1S/C13H22N2O3S/c1-4-11-5-6-12(9-13(11)14)19(16,17)15-7-8-18-10(2)3/h5-6,9-10,15H,4,7-8,14H2,1-3H3. The maximum Gasteiger partial charge on any atom is 0.240 e. The maximum atomic E-state index is 12.0. The number of anilines is 1. The van der Waals surface area contributed by atoms with E-state index in [1.165, 1.54) is 6.07 Å². The van der Waals surface area contributed by atoms with E-state index in [2.05, 4.69) is 4.72 Å². The van der Waals surface area contributed by atoms with Crippen molar-refractivity contribution in [1.29, 1.82) is 0 Å². The minimum atomic E-state index is -3.52. The molecule has 0 amide bonds. The van der Waals surface area contributed by atoms with Gasteiger partial charge in [0.1, 0.15) is 0 Å². The Hall–Kier alpha value is -1.11. The molecule has 6 heteroatoms. The van der Waals surface area contributed by atoms with Gasteiger partial charge >= 0.3 is 0 Å². The molecule has 0 bridgehead atoms. The number of benzene rings is 1. The van der Waals surface area contributed by atoms with Crippen LogP contribution < -0.4 is 10.5 Å². The Labute approximate surface area is 115 Å². The average molecular weight is 286 g/mol. The lowest BCUT2D eigenvalue weighted by atomic mass is 10.1. The summed E-state index contributed by atoms with van der Waals surface area (Å²) in [6, 6.07) is 4.81. The van der Waals surface area contributed by atoms with E-state index in [4.69, 9.17) is 10.5 Å². The van der Waals surface area contributed by atoms with Crippen LogP contribution >= 0.6 is 0 Å². The highest BCUT2D eigenvalue weighted by molar-refractivity contribution is 7.89. The zero-order chi connectivity index (χ0) is 14.5. The van der Waals surface area contributed by atoms with Crippen LogP contribution in [0.4, 0.5) is 5.69 Å². The summed E-state index contributed by atoms with van der Waals surface area (Å²) in [5.74, 6) is 0. The highest BCUT2D eigenvalue weighted by Gasteiger charge is 2.14. The van der Waals surface area contributed by atoms with Crippen LogP contribution in [-0.4, -0.2) is 27.7 Å². The van der Waals surface area contributed by atoms with Gasteiger partial charge in [0, 0.05) is 12.2 Å². The number of nitrogens with two attached hydrogens (primary N) is 1. The molecule has 1 aromatic carbocycles. The minimum Gasteiger partial charge on any atom is -0.398 e. The third-order valence-corrected chi connectivity index (χ3v) is 4.11. The smallest absolute Gasteiger partial charge is 0.240 e. The van der Waals surface area contributed by atoms with Crippen LogP contribution in [0.25, 0.3) is 0 Å². The zero-order valence-electron chi connectivity index (χ0n) is 11.6. The number of hydrogen-bond donors (Lipinski definition) is 2. The van der Waals surface area contributed by atoms with Crippen molar-refractivity contribution in [2.45, 2.75) is 38.2 Å². The average Bonchev–Trinajstić information content (AvgIpc) is 2.34. The normalized spacial score (nSPS) is 12.0. The third-order valence-electron chi connectivity index (χ3n) is 2.65. The van der Waals surface area contributed by atoms with Crippen molar-refractivity contribution < 1.29 is 13.2 Å². The molecule has 1 aromatic rings. The van der Waals surface area contributed by atoms with E-state index < -0.39 is 10.0 Å². The lowest BCUT2D eigenvalue weighted by molar-refractivity contribution is 0.0834. The fraction of sp³-hybridized carbons (Fsp3) is 0.538. The number of ether oxygens (including phenoxy) is 1. The van der Waals surface area contributed by atoms with E-state index in [0.717, 1.165) is 12.0 Å². The van der Waals surface area contributed by atoms with E-state index in [1.54, 1.807) is 12.1 Å². The summed E-state index contributed by atoms with van der Waals surface area (Å²) >= 11 is 0. The SMILES string of the molecule is CCc1ccc(S(=O)(=O)NCCOC(C)C)cc1N. The van der Waals surface area contributed by atoms with Crippen LogP contribution in [0.2, 0.25) is 0 Å². The summed E-state index contributed by atoms with van der Waals surface area (Å²) in [4.78, 5) is 0.187. The van der Waals surface area contributed by atoms with Crippen LogP contribution in [0.1, 0.15) is 26.3 Å². The molecule has 0 atom stereocenters. The second-order valence-electron chi connectivity index (χ2n) is 4.53. The van der Waals surface area contributed by atoms with E-state index in [9.17, 15) is 8.42 Å². The van der Waals surface area contributed by atoms with Crippen LogP contribution in [0.3, 0.4) is 0 Å². The lowest BCUT2D eigenvalue weighted by Crippen LogP contribution is -2.28. The highest BCUT2D eigenvalue weighted by atomic mass is 32.2. The molecule has 5 nitrogen and oxygen atoms in total. The van der Waals surface area contributed by atoms with Crippen molar-refractivity contribution in [1.82, 2.24) is 4.72 Å². The zero-order valence-corrected chi connectivity index (χ0v) is 12.5. The molecule has 19 heavy (non-hydrogen) atoms. The predicted octanol–water partition coefficient (Wildman–Crippen LogP) is 1.53. The Bertz CT molecular complexity index is 513. The summed E-state index contributed by atoms with van der Waals surface area (Å²) in [6.45, 7) is 6.37. The minimum absolute atomic E-state index is 0.0870. The molecule has 1 rings (SSSR count). The number of aryl methyl sites for hydroxylation is 1. The first-order chi connectivity index (χ1) is 8.86. The highest BCUT2D eigenvalue weighted by Crippen LogP contribution is 2.18. The van der Waals surface area contributed by atoms with Gasteiger partial charge in [0.15, 0.2) is 0 Å². The largest absolute Gasteiger partial charge is 0.398 e. The summed E-state index contributed by atoms with van der Waals surface area (Å²) in [5.41, 5.74) is 7.26. The molecule has 0 aromatic heterocycles. The first-order valence-electron chi connectivity index (χ1n) is 6.36.